The van der Waals surface area contributed by atoms with E-state index in [9.17, 15) is 4.79 Å². The average molecular weight is 495 g/mol. The van der Waals surface area contributed by atoms with Crippen molar-refractivity contribution in [3.05, 3.63) is 34.9 Å². The molecule has 1 aromatic carbocycles. The number of halogens is 2. The fourth-order valence-corrected chi connectivity index (χ4v) is 2.73. The molecule has 0 aliphatic heterocycles. The summed E-state index contributed by atoms with van der Waals surface area (Å²) < 4.78 is 4.98. The zero-order valence-electron chi connectivity index (χ0n) is 15.3. The molecule has 26 heavy (non-hydrogen) atoms. The van der Waals surface area contributed by atoms with E-state index >= 15 is 0 Å². The molecule has 146 valence electrons. The molecule has 1 amide bonds. The monoisotopic (exact) mass is 494 g/mol. The molecule has 0 heterocycles. The van der Waals surface area contributed by atoms with E-state index < -0.39 is 0 Å². The summed E-state index contributed by atoms with van der Waals surface area (Å²) in [5.41, 5.74) is 1.05. The van der Waals surface area contributed by atoms with Crippen LogP contribution in [0.25, 0.3) is 0 Å². The quantitative estimate of drug-likeness (QED) is 0.294. The summed E-state index contributed by atoms with van der Waals surface area (Å²) in [6.45, 7) is 6.11. The largest absolute Gasteiger partial charge is 0.450 e. The lowest BCUT2D eigenvalue weighted by molar-refractivity contribution is 0.146. The molecule has 0 bridgehead atoms. The number of carbonyl (C=O) groups excluding carboxylic acids is 1. The lowest BCUT2D eigenvalue weighted by Gasteiger charge is -2.20. The molecular formula is C18H28ClIN4O2. The number of alkyl carbamates (subject to hydrolysis) is 1. The first kappa shape index (κ1) is 22.8. The van der Waals surface area contributed by atoms with Gasteiger partial charge in [-0.25, -0.2) is 9.79 Å². The summed E-state index contributed by atoms with van der Waals surface area (Å²) in [7, 11) is 0. The standard InChI is InChI=1S/C18H27ClN4O2.HI/c1-3-20-17(21-11-13-6-5-7-15(19)10-13)22-12-16(14-8-9-14)23-18(24)25-4-2;/h5-7,10,14,16H,3-4,8-9,11-12H2,1-2H3,(H,23,24)(H2,20,21,22);1H. The minimum Gasteiger partial charge on any atom is -0.450 e. The lowest BCUT2D eigenvalue weighted by Crippen LogP contribution is -2.48. The predicted octanol–water partition coefficient (Wildman–Crippen LogP) is 3.54. The molecule has 3 N–H and O–H groups in total. The first-order valence-corrected chi connectivity index (χ1v) is 9.20. The third kappa shape index (κ3) is 8.44. The van der Waals surface area contributed by atoms with Gasteiger partial charge in [0, 0.05) is 18.1 Å². The van der Waals surface area contributed by atoms with Crippen molar-refractivity contribution in [2.75, 3.05) is 19.7 Å². The second kappa shape index (κ2) is 12.2. The number of nitrogens with zero attached hydrogens (tertiary/aromatic N) is 1. The first-order chi connectivity index (χ1) is 12.1. The minimum absolute atomic E-state index is 0. The maximum atomic E-state index is 11.7. The van der Waals surface area contributed by atoms with Crippen molar-refractivity contribution < 1.29 is 9.53 Å². The molecule has 1 aliphatic carbocycles. The molecule has 0 saturated heterocycles. The van der Waals surface area contributed by atoms with E-state index in [1.807, 2.05) is 31.2 Å². The van der Waals surface area contributed by atoms with Crippen LogP contribution in [0, 0.1) is 5.92 Å². The van der Waals surface area contributed by atoms with Crippen molar-refractivity contribution >= 4 is 47.6 Å². The van der Waals surface area contributed by atoms with Crippen LogP contribution >= 0.6 is 35.6 Å². The van der Waals surface area contributed by atoms with Crippen LogP contribution in [0.3, 0.4) is 0 Å². The zero-order valence-corrected chi connectivity index (χ0v) is 18.3. The molecule has 0 radical (unpaired) electrons. The Kier molecular flexibility index (Phi) is 10.7. The summed E-state index contributed by atoms with van der Waals surface area (Å²) in [5, 5.41) is 10.2. The van der Waals surface area contributed by atoms with Crippen LogP contribution in [-0.4, -0.2) is 37.8 Å². The summed E-state index contributed by atoms with van der Waals surface area (Å²) in [6, 6.07) is 7.71. The molecule has 8 heteroatoms. The van der Waals surface area contributed by atoms with Crippen LogP contribution in [0.5, 0.6) is 0 Å². The van der Waals surface area contributed by atoms with Gasteiger partial charge in [-0.15, -0.1) is 24.0 Å². The smallest absolute Gasteiger partial charge is 0.407 e. The van der Waals surface area contributed by atoms with Gasteiger partial charge in [-0.1, -0.05) is 23.7 Å². The Morgan fingerprint density at radius 3 is 2.73 bits per heavy atom. The second-order valence-corrected chi connectivity index (χ2v) is 6.45. The number of aliphatic imine (C=N–C) groups is 1. The van der Waals surface area contributed by atoms with E-state index in [4.69, 9.17) is 16.3 Å². The minimum atomic E-state index is -0.359. The number of amides is 1. The van der Waals surface area contributed by atoms with Crippen LogP contribution in [0.1, 0.15) is 32.3 Å². The van der Waals surface area contributed by atoms with Gasteiger partial charge >= 0.3 is 6.09 Å². The molecule has 1 saturated carbocycles. The van der Waals surface area contributed by atoms with Gasteiger partial charge in [0.1, 0.15) is 0 Å². The third-order valence-corrected chi connectivity index (χ3v) is 4.15. The van der Waals surface area contributed by atoms with Crippen LogP contribution in [0.15, 0.2) is 29.3 Å². The number of benzene rings is 1. The van der Waals surface area contributed by atoms with Gasteiger partial charge in [-0.2, -0.15) is 0 Å². The van der Waals surface area contributed by atoms with Gasteiger partial charge in [0.15, 0.2) is 5.96 Å². The zero-order chi connectivity index (χ0) is 18.1. The van der Waals surface area contributed by atoms with E-state index in [2.05, 4.69) is 20.9 Å². The normalized spacial score (nSPS) is 14.8. The summed E-state index contributed by atoms with van der Waals surface area (Å²) in [6.07, 6.45) is 1.91. The van der Waals surface area contributed by atoms with Gasteiger partial charge in [0.25, 0.3) is 0 Å². The number of nitrogens with one attached hydrogen (secondary N) is 3. The Bertz CT molecular complexity index is 596. The highest BCUT2D eigenvalue weighted by Crippen LogP contribution is 2.32. The summed E-state index contributed by atoms with van der Waals surface area (Å²) >= 11 is 6.01. The topological polar surface area (TPSA) is 74.8 Å². The van der Waals surface area contributed by atoms with Crippen LogP contribution < -0.4 is 16.0 Å². The van der Waals surface area contributed by atoms with E-state index in [0.29, 0.717) is 30.6 Å². The highest BCUT2D eigenvalue weighted by atomic mass is 127. The Labute approximate surface area is 177 Å². The maximum Gasteiger partial charge on any atom is 0.407 e. The molecule has 0 spiro atoms. The number of hydrogen-bond acceptors (Lipinski definition) is 3. The average Bonchev–Trinajstić information content (AvgIpc) is 3.41. The Morgan fingerprint density at radius 2 is 2.12 bits per heavy atom. The highest BCUT2D eigenvalue weighted by molar-refractivity contribution is 14.0. The van der Waals surface area contributed by atoms with Gasteiger partial charge in [-0.3, -0.25) is 0 Å². The molecule has 1 fully saturated rings. The van der Waals surface area contributed by atoms with Crippen molar-refractivity contribution in [2.24, 2.45) is 10.9 Å². The van der Waals surface area contributed by atoms with Gasteiger partial charge in [0.2, 0.25) is 0 Å². The van der Waals surface area contributed by atoms with Crippen LogP contribution in [0.4, 0.5) is 4.79 Å². The van der Waals surface area contributed by atoms with Crippen molar-refractivity contribution in [2.45, 2.75) is 39.3 Å². The molecular weight excluding hydrogens is 467 g/mol. The first-order valence-electron chi connectivity index (χ1n) is 8.82. The predicted molar refractivity (Wildman–Crippen MR) is 116 cm³/mol. The number of ether oxygens (including phenoxy) is 1. The van der Waals surface area contributed by atoms with E-state index in [0.717, 1.165) is 30.9 Å². The number of hydrogen-bond donors (Lipinski definition) is 3. The van der Waals surface area contributed by atoms with Gasteiger partial charge in [-0.05, 0) is 50.3 Å². The highest BCUT2D eigenvalue weighted by Gasteiger charge is 2.32. The van der Waals surface area contributed by atoms with E-state index in [1.165, 1.54) is 0 Å². The summed E-state index contributed by atoms with van der Waals surface area (Å²) in [5.74, 6) is 1.23. The number of guanidine groups is 1. The second-order valence-electron chi connectivity index (χ2n) is 6.01. The molecule has 1 unspecified atom stereocenters. The molecule has 1 aliphatic rings. The molecule has 1 atom stereocenters. The number of rotatable bonds is 8. The summed E-state index contributed by atoms with van der Waals surface area (Å²) in [4.78, 5) is 16.3. The van der Waals surface area contributed by atoms with Crippen molar-refractivity contribution in [3.8, 4) is 0 Å². The van der Waals surface area contributed by atoms with Crippen LogP contribution in [-0.2, 0) is 11.3 Å². The Balaban J connectivity index is 0.00000338. The van der Waals surface area contributed by atoms with Gasteiger partial charge < -0.3 is 20.7 Å². The van der Waals surface area contributed by atoms with Crippen LogP contribution in [0.2, 0.25) is 5.02 Å². The van der Waals surface area contributed by atoms with Crippen molar-refractivity contribution in [3.63, 3.8) is 0 Å². The van der Waals surface area contributed by atoms with E-state index in [-0.39, 0.29) is 36.1 Å². The van der Waals surface area contributed by atoms with Crippen molar-refractivity contribution in [1.29, 1.82) is 0 Å². The Hall–Kier alpha value is -1.22. The maximum absolute atomic E-state index is 11.7. The lowest BCUT2D eigenvalue weighted by atomic mass is 10.2. The van der Waals surface area contributed by atoms with E-state index in [1.54, 1.807) is 6.92 Å². The fraction of sp³-hybridized carbons (Fsp3) is 0.556. The SMILES string of the molecule is CCNC(=NCc1cccc(Cl)c1)NCC(NC(=O)OCC)C1CC1.I. The molecule has 6 nitrogen and oxygen atoms in total. The Morgan fingerprint density at radius 1 is 1.35 bits per heavy atom. The van der Waals surface area contributed by atoms with Crippen molar-refractivity contribution in [1.82, 2.24) is 16.0 Å². The molecule has 0 aromatic heterocycles. The molecule has 2 rings (SSSR count). The van der Waals surface area contributed by atoms with Gasteiger partial charge in [0.05, 0.1) is 19.2 Å². The third-order valence-electron chi connectivity index (χ3n) is 3.91. The molecule has 1 aromatic rings. The number of carbonyl (C=O) groups is 1. The fourth-order valence-electron chi connectivity index (χ4n) is 2.51.